The van der Waals surface area contributed by atoms with Gasteiger partial charge in [0.15, 0.2) is 0 Å². The molecule has 0 aliphatic rings. The van der Waals surface area contributed by atoms with E-state index in [1.807, 2.05) is 0 Å². The third-order valence-corrected chi connectivity index (χ3v) is 2.78. The summed E-state index contributed by atoms with van der Waals surface area (Å²) in [4.78, 5) is 12.0. The number of hydrogen-bond donors (Lipinski definition) is 2. The largest absolute Gasteiger partial charge is 0.507 e. The maximum Gasteiger partial charge on any atom is 0.259 e. The average Bonchev–Trinajstić information content (AvgIpc) is 2.43. The molecular weight excluding hydrogens is 283 g/mol. The molecule has 2 aromatic carbocycles. The van der Waals surface area contributed by atoms with Gasteiger partial charge >= 0.3 is 0 Å². The molecule has 0 spiro atoms. The summed E-state index contributed by atoms with van der Waals surface area (Å²) in [5.74, 6) is -1.51. The molecule has 2 rings (SSSR count). The van der Waals surface area contributed by atoms with Crippen molar-refractivity contribution in [2.24, 2.45) is 0 Å². The number of rotatable bonds is 2. The highest BCUT2D eigenvalue weighted by Crippen LogP contribution is 2.23. The monoisotopic (exact) mass is 290 g/mol. The van der Waals surface area contributed by atoms with E-state index in [-0.39, 0.29) is 22.6 Å². The maximum absolute atomic E-state index is 13.2. The van der Waals surface area contributed by atoms with Gasteiger partial charge in [-0.05, 0) is 36.4 Å². The minimum atomic E-state index is -0.670. The van der Waals surface area contributed by atoms with Crippen LogP contribution in [0.2, 0.25) is 5.02 Å². The number of nitrogens with zero attached hydrogens (tertiary/aromatic N) is 1. The number of nitrogens with one attached hydrogen (secondary N) is 1. The Hall–Kier alpha value is -2.58. The van der Waals surface area contributed by atoms with E-state index >= 15 is 0 Å². The van der Waals surface area contributed by atoms with E-state index in [2.05, 4.69) is 5.32 Å². The maximum atomic E-state index is 13.2. The van der Waals surface area contributed by atoms with E-state index in [0.717, 1.165) is 6.07 Å². The highest BCUT2D eigenvalue weighted by atomic mass is 35.5. The van der Waals surface area contributed by atoms with E-state index in [1.165, 1.54) is 30.3 Å². The average molecular weight is 291 g/mol. The Morgan fingerprint density at radius 2 is 2.05 bits per heavy atom. The first kappa shape index (κ1) is 13.8. The normalized spacial score (nSPS) is 9.85. The summed E-state index contributed by atoms with van der Waals surface area (Å²) in [6.07, 6.45) is 0. The van der Waals surface area contributed by atoms with Crippen LogP contribution < -0.4 is 5.32 Å². The highest BCUT2D eigenvalue weighted by molar-refractivity contribution is 6.31. The molecule has 0 saturated heterocycles. The third kappa shape index (κ3) is 2.87. The summed E-state index contributed by atoms with van der Waals surface area (Å²) in [5, 5.41) is 21.1. The van der Waals surface area contributed by atoms with Crippen LogP contribution in [0.3, 0.4) is 0 Å². The quantitative estimate of drug-likeness (QED) is 0.891. The molecule has 0 radical (unpaired) electrons. The van der Waals surface area contributed by atoms with Crippen LogP contribution in [0.25, 0.3) is 0 Å². The fourth-order valence-electron chi connectivity index (χ4n) is 1.58. The first-order valence-electron chi connectivity index (χ1n) is 5.51. The molecule has 0 atom stereocenters. The fourth-order valence-corrected chi connectivity index (χ4v) is 1.75. The van der Waals surface area contributed by atoms with Crippen LogP contribution in [0.4, 0.5) is 10.1 Å². The molecule has 4 nitrogen and oxygen atoms in total. The van der Waals surface area contributed by atoms with Crippen molar-refractivity contribution >= 4 is 23.2 Å². The Balaban J connectivity index is 2.28. The van der Waals surface area contributed by atoms with Gasteiger partial charge in [0.2, 0.25) is 0 Å². The summed E-state index contributed by atoms with van der Waals surface area (Å²) >= 11 is 5.75. The van der Waals surface area contributed by atoms with E-state index in [1.54, 1.807) is 6.07 Å². The lowest BCUT2D eigenvalue weighted by Crippen LogP contribution is -2.12. The van der Waals surface area contributed by atoms with Crippen molar-refractivity contribution in [2.75, 3.05) is 5.32 Å². The van der Waals surface area contributed by atoms with E-state index in [9.17, 15) is 14.3 Å². The molecule has 0 fully saturated rings. The molecule has 0 bridgehead atoms. The zero-order valence-electron chi connectivity index (χ0n) is 10.0. The van der Waals surface area contributed by atoms with Crippen molar-refractivity contribution in [3.8, 4) is 11.8 Å². The van der Waals surface area contributed by atoms with Crippen molar-refractivity contribution in [2.45, 2.75) is 0 Å². The van der Waals surface area contributed by atoms with Gasteiger partial charge in [-0.1, -0.05) is 11.6 Å². The summed E-state index contributed by atoms with van der Waals surface area (Å²) < 4.78 is 13.2. The minimum absolute atomic E-state index is 0.0136. The number of benzene rings is 2. The lowest BCUT2D eigenvalue weighted by Gasteiger charge is -2.07. The van der Waals surface area contributed by atoms with Gasteiger partial charge in [0.25, 0.3) is 5.91 Å². The molecule has 100 valence electrons. The predicted octanol–water partition coefficient (Wildman–Crippen LogP) is 3.31. The third-order valence-electron chi connectivity index (χ3n) is 2.55. The minimum Gasteiger partial charge on any atom is -0.507 e. The topological polar surface area (TPSA) is 73.1 Å². The van der Waals surface area contributed by atoms with Gasteiger partial charge in [-0.15, -0.1) is 0 Å². The van der Waals surface area contributed by atoms with E-state index < -0.39 is 11.7 Å². The van der Waals surface area contributed by atoms with Crippen LogP contribution in [0.5, 0.6) is 5.75 Å². The lowest BCUT2D eigenvalue weighted by molar-refractivity contribution is 0.102. The predicted molar refractivity (Wildman–Crippen MR) is 72.2 cm³/mol. The van der Waals surface area contributed by atoms with Crippen molar-refractivity contribution in [1.29, 1.82) is 5.26 Å². The number of phenolic OH excluding ortho intramolecular Hbond substituents is 1. The van der Waals surface area contributed by atoms with Crippen molar-refractivity contribution in [3.05, 3.63) is 58.4 Å². The van der Waals surface area contributed by atoms with Crippen LogP contribution in [0.15, 0.2) is 36.4 Å². The van der Waals surface area contributed by atoms with Gasteiger partial charge in [0.1, 0.15) is 17.6 Å². The van der Waals surface area contributed by atoms with Gasteiger partial charge in [-0.3, -0.25) is 4.79 Å². The second-order valence-corrected chi connectivity index (χ2v) is 4.36. The van der Waals surface area contributed by atoms with Crippen molar-refractivity contribution < 1.29 is 14.3 Å². The Kier molecular flexibility index (Phi) is 3.87. The summed E-state index contributed by atoms with van der Waals surface area (Å²) in [6, 6.07) is 9.31. The molecule has 6 heteroatoms. The van der Waals surface area contributed by atoms with Gasteiger partial charge in [-0.25, -0.2) is 4.39 Å². The second kappa shape index (κ2) is 5.59. The zero-order chi connectivity index (χ0) is 14.7. The summed E-state index contributed by atoms with van der Waals surface area (Å²) in [7, 11) is 0. The van der Waals surface area contributed by atoms with E-state index in [4.69, 9.17) is 16.9 Å². The first-order chi connectivity index (χ1) is 9.51. The number of carbonyl (C=O) groups excluding carboxylic acids is 1. The molecule has 1 amide bonds. The summed E-state index contributed by atoms with van der Waals surface area (Å²) in [6.45, 7) is 0. The number of aromatic hydroxyl groups is 1. The summed E-state index contributed by atoms with van der Waals surface area (Å²) in [5.41, 5.74) is 0.0470. The lowest BCUT2D eigenvalue weighted by atomic mass is 10.1. The van der Waals surface area contributed by atoms with Gasteiger partial charge < -0.3 is 10.4 Å². The number of halogens is 2. The van der Waals surface area contributed by atoms with Gasteiger partial charge in [0.05, 0.1) is 11.1 Å². The Morgan fingerprint density at radius 1 is 1.30 bits per heavy atom. The van der Waals surface area contributed by atoms with Gasteiger partial charge in [-0.2, -0.15) is 5.26 Å². The molecule has 0 heterocycles. The van der Waals surface area contributed by atoms with Crippen LogP contribution in [-0.4, -0.2) is 11.0 Å². The molecule has 0 saturated carbocycles. The van der Waals surface area contributed by atoms with Crippen LogP contribution in [0, 0.1) is 17.1 Å². The highest BCUT2D eigenvalue weighted by Gasteiger charge is 2.13. The Bertz CT molecular complexity index is 726. The molecule has 2 aromatic rings. The number of amides is 1. The smallest absolute Gasteiger partial charge is 0.259 e. The van der Waals surface area contributed by atoms with Crippen molar-refractivity contribution in [1.82, 2.24) is 0 Å². The molecule has 20 heavy (non-hydrogen) atoms. The Labute approximate surface area is 119 Å². The molecule has 0 aliphatic carbocycles. The van der Waals surface area contributed by atoms with Crippen molar-refractivity contribution in [3.63, 3.8) is 0 Å². The number of phenols is 1. The molecule has 0 unspecified atom stereocenters. The SMILES string of the molecule is N#Cc1cc(NC(=O)c2cc(Cl)ccc2O)ccc1F. The number of nitriles is 1. The van der Waals surface area contributed by atoms with E-state index in [0.29, 0.717) is 5.02 Å². The molecule has 2 N–H and O–H groups in total. The number of hydrogen-bond acceptors (Lipinski definition) is 3. The van der Waals surface area contributed by atoms with Crippen LogP contribution >= 0.6 is 11.6 Å². The van der Waals surface area contributed by atoms with Crippen LogP contribution in [0.1, 0.15) is 15.9 Å². The second-order valence-electron chi connectivity index (χ2n) is 3.92. The molecule has 0 aliphatic heterocycles. The van der Waals surface area contributed by atoms with Crippen LogP contribution in [-0.2, 0) is 0 Å². The molecular formula is C14H8ClFN2O2. The number of anilines is 1. The molecule has 0 aromatic heterocycles. The fraction of sp³-hybridized carbons (Fsp3) is 0. The number of carbonyl (C=O) groups is 1. The Morgan fingerprint density at radius 3 is 2.75 bits per heavy atom. The van der Waals surface area contributed by atoms with Gasteiger partial charge in [0, 0.05) is 10.7 Å². The first-order valence-corrected chi connectivity index (χ1v) is 5.88. The standard InChI is InChI=1S/C14H8ClFN2O2/c15-9-1-4-13(19)11(6-9)14(20)18-10-2-3-12(16)8(5-10)7-17/h1-6,19H,(H,18,20). The zero-order valence-corrected chi connectivity index (χ0v) is 10.8.